The van der Waals surface area contributed by atoms with E-state index < -0.39 is 41.4 Å². The number of amides is 2. The summed E-state index contributed by atoms with van der Waals surface area (Å²) in [6.07, 6.45) is -2.39. The second-order valence-corrected chi connectivity index (χ2v) is 8.91. The molecule has 0 fully saturated rings. The standard InChI is InChI=1S/C26H19F4N5O4/c27-18-5-1-13(9-17(18)26(28,29)30)12-31-23(36)20-11-21(35-22(33-20)7-8-32-35)24(37)34-19-6-3-14-10-15(25(38)39)2-4-16(14)19/h1-2,4-5,7-11,19H,3,6,12H2,(H,31,36)(H,34,37)(H,38,39)/t19-/m0/s1. The molecule has 0 aliphatic heterocycles. The fourth-order valence-electron chi connectivity index (χ4n) is 4.50. The molecular weight excluding hydrogens is 522 g/mol. The third-order valence-electron chi connectivity index (χ3n) is 6.39. The average Bonchev–Trinajstić information content (AvgIpc) is 3.53. The molecular formula is C26H19F4N5O4. The summed E-state index contributed by atoms with van der Waals surface area (Å²) < 4.78 is 53.8. The highest BCUT2D eigenvalue weighted by Gasteiger charge is 2.34. The Hall–Kier alpha value is -4.81. The number of carboxylic acid groups (broad SMARTS) is 1. The van der Waals surface area contributed by atoms with Crippen LogP contribution in [0.25, 0.3) is 5.65 Å². The van der Waals surface area contributed by atoms with Gasteiger partial charge in [-0.3, -0.25) is 9.59 Å². The van der Waals surface area contributed by atoms with Gasteiger partial charge in [0.25, 0.3) is 11.8 Å². The summed E-state index contributed by atoms with van der Waals surface area (Å²) in [7, 11) is 0. The zero-order valence-electron chi connectivity index (χ0n) is 19.9. The lowest BCUT2D eigenvalue weighted by atomic mass is 10.0. The van der Waals surface area contributed by atoms with Crippen molar-refractivity contribution in [3.8, 4) is 0 Å². The second kappa shape index (κ2) is 9.82. The van der Waals surface area contributed by atoms with Gasteiger partial charge < -0.3 is 15.7 Å². The van der Waals surface area contributed by atoms with Crippen molar-refractivity contribution in [3.63, 3.8) is 0 Å². The van der Waals surface area contributed by atoms with Crippen LogP contribution in [0.5, 0.6) is 0 Å². The third kappa shape index (κ3) is 5.15. The van der Waals surface area contributed by atoms with Crippen molar-refractivity contribution in [1.29, 1.82) is 0 Å². The molecule has 4 aromatic rings. The molecule has 9 nitrogen and oxygen atoms in total. The number of fused-ring (bicyclic) bond motifs is 2. The van der Waals surface area contributed by atoms with Crippen LogP contribution in [0.4, 0.5) is 17.6 Å². The number of halogens is 4. The first kappa shape index (κ1) is 25.8. The van der Waals surface area contributed by atoms with Gasteiger partial charge in [0, 0.05) is 18.7 Å². The topological polar surface area (TPSA) is 126 Å². The van der Waals surface area contributed by atoms with Crippen LogP contribution >= 0.6 is 0 Å². The van der Waals surface area contributed by atoms with Gasteiger partial charge in [-0.25, -0.2) is 18.7 Å². The number of aryl methyl sites for hydroxylation is 1. The van der Waals surface area contributed by atoms with Crippen LogP contribution in [-0.4, -0.2) is 37.5 Å². The van der Waals surface area contributed by atoms with Gasteiger partial charge in [-0.2, -0.15) is 18.3 Å². The van der Waals surface area contributed by atoms with E-state index in [0.717, 1.165) is 17.2 Å². The fraction of sp³-hybridized carbons (Fsp3) is 0.192. The van der Waals surface area contributed by atoms with E-state index in [1.54, 1.807) is 12.1 Å². The van der Waals surface area contributed by atoms with Gasteiger partial charge in [0.2, 0.25) is 0 Å². The van der Waals surface area contributed by atoms with E-state index in [0.29, 0.717) is 25.0 Å². The molecule has 5 rings (SSSR count). The summed E-state index contributed by atoms with van der Waals surface area (Å²) in [5.74, 6) is -3.80. The SMILES string of the molecule is O=C(O)c1ccc2c(c1)CC[C@@H]2NC(=O)c1cc(C(=O)NCc2ccc(F)c(C(F)(F)F)c2)nc2ccnn12. The molecule has 13 heteroatoms. The number of hydrogen-bond acceptors (Lipinski definition) is 5. The van der Waals surface area contributed by atoms with Crippen LogP contribution in [0.15, 0.2) is 54.7 Å². The molecule has 0 bridgehead atoms. The molecule has 2 amide bonds. The number of aromatic carboxylic acids is 1. The Bertz CT molecular complexity index is 1630. The number of nitrogens with zero attached hydrogens (tertiary/aromatic N) is 3. The Morgan fingerprint density at radius 3 is 2.59 bits per heavy atom. The van der Waals surface area contributed by atoms with E-state index in [-0.39, 0.29) is 34.7 Å². The summed E-state index contributed by atoms with van der Waals surface area (Å²) in [4.78, 5) is 41.5. The number of alkyl halides is 3. The molecule has 2 heterocycles. The van der Waals surface area contributed by atoms with E-state index >= 15 is 0 Å². The number of carbonyl (C=O) groups is 3. The summed E-state index contributed by atoms with van der Waals surface area (Å²) >= 11 is 0. The van der Waals surface area contributed by atoms with Crippen LogP contribution in [-0.2, 0) is 19.1 Å². The summed E-state index contributed by atoms with van der Waals surface area (Å²) in [6.45, 7) is -0.340. The van der Waals surface area contributed by atoms with Crippen LogP contribution in [0, 0.1) is 5.82 Å². The van der Waals surface area contributed by atoms with E-state index in [4.69, 9.17) is 0 Å². The Kier molecular flexibility index (Phi) is 6.50. The molecule has 2 aromatic heterocycles. The number of rotatable bonds is 6. The van der Waals surface area contributed by atoms with Crippen LogP contribution in [0.3, 0.4) is 0 Å². The summed E-state index contributed by atoms with van der Waals surface area (Å²) in [5.41, 5.74) is 0.330. The Balaban J connectivity index is 1.35. The normalized spacial score (nSPS) is 14.7. The first-order chi connectivity index (χ1) is 18.5. The van der Waals surface area contributed by atoms with Crippen molar-refractivity contribution in [2.24, 2.45) is 0 Å². The van der Waals surface area contributed by atoms with E-state index in [1.165, 1.54) is 28.9 Å². The maximum Gasteiger partial charge on any atom is 0.419 e. The van der Waals surface area contributed by atoms with E-state index in [9.17, 15) is 37.1 Å². The molecule has 0 unspecified atom stereocenters. The first-order valence-corrected chi connectivity index (χ1v) is 11.7. The minimum Gasteiger partial charge on any atom is -0.478 e. The van der Waals surface area contributed by atoms with Crippen molar-refractivity contribution >= 4 is 23.4 Å². The molecule has 39 heavy (non-hydrogen) atoms. The number of carbonyl (C=O) groups excluding carboxylic acids is 2. The second-order valence-electron chi connectivity index (χ2n) is 8.91. The molecule has 0 saturated heterocycles. The lowest BCUT2D eigenvalue weighted by Gasteiger charge is -2.15. The third-order valence-corrected chi connectivity index (χ3v) is 6.39. The number of hydrogen-bond donors (Lipinski definition) is 3. The minimum atomic E-state index is -4.89. The van der Waals surface area contributed by atoms with E-state index in [1.807, 2.05) is 0 Å². The molecule has 200 valence electrons. The average molecular weight is 541 g/mol. The lowest BCUT2D eigenvalue weighted by molar-refractivity contribution is -0.140. The van der Waals surface area contributed by atoms with Crippen LogP contribution in [0.1, 0.15) is 66.1 Å². The van der Waals surface area contributed by atoms with Gasteiger partial charge in [-0.05, 0) is 53.8 Å². The Labute approximate surface area is 217 Å². The summed E-state index contributed by atoms with van der Waals surface area (Å²) in [5, 5.41) is 18.6. The first-order valence-electron chi connectivity index (χ1n) is 11.7. The number of benzene rings is 2. The molecule has 2 aromatic carbocycles. The van der Waals surface area contributed by atoms with E-state index in [2.05, 4.69) is 20.7 Å². The zero-order chi connectivity index (χ0) is 27.9. The van der Waals surface area contributed by atoms with Crippen molar-refractivity contribution in [3.05, 3.63) is 99.8 Å². The van der Waals surface area contributed by atoms with Gasteiger partial charge in [0.1, 0.15) is 17.2 Å². The van der Waals surface area contributed by atoms with Crippen molar-refractivity contribution < 1.29 is 37.1 Å². The van der Waals surface area contributed by atoms with Gasteiger partial charge in [-0.1, -0.05) is 12.1 Å². The zero-order valence-corrected chi connectivity index (χ0v) is 19.9. The highest BCUT2D eigenvalue weighted by Crippen LogP contribution is 2.33. The van der Waals surface area contributed by atoms with Crippen LogP contribution in [0.2, 0.25) is 0 Å². The van der Waals surface area contributed by atoms with Crippen molar-refractivity contribution in [1.82, 2.24) is 25.2 Å². The molecule has 1 atom stereocenters. The fourth-order valence-corrected chi connectivity index (χ4v) is 4.50. The van der Waals surface area contributed by atoms with Gasteiger partial charge in [0.05, 0.1) is 23.4 Å². The Morgan fingerprint density at radius 2 is 1.85 bits per heavy atom. The smallest absolute Gasteiger partial charge is 0.419 e. The van der Waals surface area contributed by atoms with Gasteiger partial charge >= 0.3 is 12.1 Å². The Morgan fingerprint density at radius 1 is 1.05 bits per heavy atom. The maximum absolute atomic E-state index is 13.6. The quantitative estimate of drug-likeness (QED) is 0.318. The predicted octanol–water partition coefficient (Wildman–Crippen LogP) is 3.93. The molecule has 0 spiro atoms. The van der Waals surface area contributed by atoms with Crippen molar-refractivity contribution in [2.45, 2.75) is 31.6 Å². The monoisotopic (exact) mass is 541 g/mol. The number of aromatic nitrogens is 3. The highest BCUT2D eigenvalue weighted by molar-refractivity contribution is 5.98. The maximum atomic E-state index is 13.6. The number of nitrogens with one attached hydrogen (secondary N) is 2. The summed E-state index contributed by atoms with van der Waals surface area (Å²) in [6, 6.07) is 9.39. The molecule has 1 aliphatic carbocycles. The largest absolute Gasteiger partial charge is 0.478 e. The predicted molar refractivity (Wildman–Crippen MR) is 127 cm³/mol. The molecule has 0 saturated carbocycles. The highest BCUT2D eigenvalue weighted by atomic mass is 19.4. The molecule has 3 N–H and O–H groups in total. The number of carboxylic acids is 1. The minimum absolute atomic E-state index is 0.00750. The van der Waals surface area contributed by atoms with Crippen LogP contribution < -0.4 is 10.6 Å². The van der Waals surface area contributed by atoms with Gasteiger partial charge in [0.15, 0.2) is 5.65 Å². The van der Waals surface area contributed by atoms with Gasteiger partial charge in [-0.15, -0.1) is 0 Å². The van der Waals surface area contributed by atoms with Crippen molar-refractivity contribution in [2.75, 3.05) is 0 Å². The molecule has 1 aliphatic rings. The molecule has 0 radical (unpaired) electrons. The lowest BCUT2D eigenvalue weighted by Crippen LogP contribution is -2.30.